The Bertz CT molecular complexity index is 389. The van der Waals surface area contributed by atoms with Crippen molar-refractivity contribution in [1.29, 1.82) is 0 Å². The van der Waals surface area contributed by atoms with Crippen molar-refractivity contribution >= 4 is 11.6 Å². The van der Waals surface area contributed by atoms with Gasteiger partial charge < -0.3 is 10.4 Å². The second kappa shape index (κ2) is 2.53. The first kappa shape index (κ1) is 8.19. The Kier molecular flexibility index (Phi) is 1.60. The molecule has 1 atom stereocenters. The fourth-order valence-electron chi connectivity index (χ4n) is 1.38. The Balaban J connectivity index is 2.59. The van der Waals surface area contributed by atoms with E-state index in [9.17, 15) is 14.3 Å². The molecule has 2 rings (SSSR count). The number of halogens is 1. The molecule has 1 heterocycles. The molecule has 4 heteroatoms. The number of anilines is 1. The maximum Gasteiger partial charge on any atom is 0.257 e. The van der Waals surface area contributed by atoms with Crippen LogP contribution in [0.3, 0.4) is 0 Å². The first-order valence-corrected chi connectivity index (χ1v) is 3.88. The Hall–Kier alpha value is -1.42. The number of aliphatic hydroxyl groups is 1. The number of nitrogens with one attached hydrogen (secondary N) is 1. The SMILES string of the molecule is Cc1cc2c(cc1F)NC(=O)C2O. The van der Waals surface area contributed by atoms with Gasteiger partial charge in [-0.1, -0.05) is 0 Å². The Labute approximate surface area is 74.2 Å². The summed E-state index contributed by atoms with van der Waals surface area (Å²) >= 11 is 0. The van der Waals surface area contributed by atoms with Crippen molar-refractivity contribution < 1.29 is 14.3 Å². The number of carbonyl (C=O) groups is 1. The second-order valence-electron chi connectivity index (χ2n) is 3.08. The van der Waals surface area contributed by atoms with Crippen LogP contribution in [0.15, 0.2) is 12.1 Å². The average molecular weight is 181 g/mol. The van der Waals surface area contributed by atoms with Crippen LogP contribution in [-0.2, 0) is 4.79 Å². The van der Waals surface area contributed by atoms with Gasteiger partial charge in [-0.3, -0.25) is 4.79 Å². The number of aryl methyl sites for hydroxylation is 1. The van der Waals surface area contributed by atoms with Crippen LogP contribution < -0.4 is 5.32 Å². The zero-order chi connectivity index (χ0) is 9.59. The van der Waals surface area contributed by atoms with Gasteiger partial charge in [0, 0.05) is 5.56 Å². The number of carbonyl (C=O) groups excluding carboxylic acids is 1. The van der Waals surface area contributed by atoms with E-state index in [2.05, 4.69) is 5.32 Å². The van der Waals surface area contributed by atoms with Crippen molar-refractivity contribution in [2.45, 2.75) is 13.0 Å². The molecule has 1 amide bonds. The van der Waals surface area contributed by atoms with Gasteiger partial charge >= 0.3 is 0 Å². The van der Waals surface area contributed by atoms with Crippen LogP contribution in [0.5, 0.6) is 0 Å². The molecule has 1 aliphatic rings. The van der Waals surface area contributed by atoms with Crippen LogP contribution in [-0.4, -0.2) is 11.0 Å². The summed E-state index contributed by atoms with van der Waals surface area (Å²) in [7, 11) is 0. The lowest BCUT2D eigenvalue weighted by Gasteiger charge is -2.02. The fourth-order valence-corrected chi connectivity index (χ4v) is 1.38. The highest BCUT2D eigenvalue weighted by atomic mass is 19.1. The van der Waals surface area contributed by atoms with E-state index >= 15 is 0 Å². The molecule has 0 radical (unpaired) electrons. The molecule has 0 spiro atoms. The van der Waals surface area contributed by atoms with Crippen molar-refractivity contribution in [2.75, 3.05) is 5.32 Å². The van der Waals surface area contributed by atoms with E-state index in [-0.39, 0.29) is 5.82 Å². The highest BCUT2D eigenvalue weighted by Gasteiger charge is 2.29. The molecule has 68 valence electrons. The smallest absolute Gasteiger partial charge is 0.257 e. The molecule has 1 aromatic rings. The lowest BCUT2D eigenvalue weighted by atomic mass is 10.1. The van der Waals surface area contributed by atoms with E-state index in [0.717, 1.165) is 0 Å². The van der Waals surface area contributed by atoms with Crippen molar-refractivity contribution in [3.8, 4) is 0 Å². The summed E-state index contributed by atoms with van der Waals surface area (Å²) in [6.45, 7) is 1.59. The fraction of sp³-hybridized carbons (Fsp3) is 0.222. The topological polar surface area (TPSA) is 49.3 Å². The van der Waals surface area contributed by atoms with E-state index in [0.29, 0.717) is 16.8 Å². The third kappa shape index (κ3) is 1.10. The molecule has 13 heavy (non-hydrogen) atoms. The summed E-state index contributed by atoms with van der Waals surface area (Å²) in [5, 5.41) is 11.7. The highest BCUT2D eigenvalue weighted by molar-refractivity contribution is 6.01. The third-order valence-corrected chi connectivity index (χ3v) is 2.13. The molecule has 0 aromatic heterocycles. The van der Waals surface area contributed by atoms with Gasteiger partial charge in [-0.15, -0.1) is 0 Å². The van der Waals surface area contributed by atoms with E-state index in [1.165, 1.54) is 12.1 Å². The number of hydrogen-bond donors (Lipinski definition) is 2. The minimum absolute atomic E-state index is 0.362. The van der Waals surface area contributed by atoms with Gasteiger partial charge in [-0.25, -0.2) is 4.39 Å². The van der Waals surface area contributed by atoms with Gasteiger partial charge in [-0.2, -0.15) is 0 Å². The number of hydrogen-bond acceptors (Lipinski definition) is 2. The summed E-state index contributed by atoms with van der Waals surface area (Å²) in [6.07, 6.45) is -1.16. The minimum atomic E-state index is -1.16. The molecule has 0 fully saturated rings. The number of amides is 1. The lowest BCUT2D eigenvalue weighted by molar-refractivity contribution is -0.123. The summed E-state index contributed by atoms with van der Waals surface area (Å²) in [6, 6.07) is 2.70. The van der Waals surface area contributed by atoms with Crippen LogP contribution in [0, 0.1) is 12.7 Å². The molecule has 0 aliphatic carbocycles. The maximum atomic E-state index is 13.0. The third-order valence-electron chi connectivity index (χ3n) is 2.13. The molecule has 1 unspecified atom stereocenters. The van der Waals surface area contributed by atoms with Crippen LogP contribution in [0.4, 0.5) is 10.1 Å². The number of rotatable bonds is 0. The summed E-state index contributed by atoms with van der Waals surface area (Å²) < 4.78 is 13.0. The summed E-state index contributed by atoms with van der Waals surface area (Å²) in [5.74, 6) is -0.881. The normalized spacial score (nSPS) is 19.9. The van der Waals surface area contributed by atoms with Gasteiger partial charge in [0.1, 0.15) is 5.82 Å². The van der Waals surface area contributed by atoms with Crippen LogP contribution in [0.2, 0.25) is 0 Å². The molecule has 0 saturated heterocycles. The summed E-state index contributed by atoms with van der Waals surface area (Å²) in [4.78, 5) is 11.0. The zero-order valence-electron chi connectivity index (χ0n) is 6.97. The van der Waals surface area contributed by atoms with Gasteiger partial charge in [-0.05, 0) is 24.6 Å². The monoisotopic (exact) mass is 181 g/mol. The molecular weight excluding hydrogens is 173 g/mol. The molecule has 0 bridgehead atoms. The Morgan fingerprint density at radius 1 is 1.54 bits per heavy atom. The number of benzene rings is 1. The van der Waals surface area contributed by atoms with Crippen LogP contribution in [0.1, 0.15) is 17.2 Å². The Morgan fingerprint density at radius 3 is 2.92 bits per heavy atom. The van der Waals surface area contributed by atoms with E-state index < -0.39 is 12.0 Å². The molecular formula is C9H8FNO2. The number of aliphatic hydroxyl groups excluding tert-OH is 1. The van der Waals surface area contributed by atoms with Gasteiger partial charge in [0.05, 0.1) is 5.69 Å². The van der Waals surface area contributed by atoms with E-state index in [1.54, 1.807) is 6.92 Å². The lowest BCUT2D eigenvalue weighted by Crippen LogP contribution is -2.10. The van der Waals surface area contributed by atoms with Crippen molar-refractivity contribution in [1.82, 2.24) is 0 Å². The van der Waals surface area contributed by atoms with Crippen molar-refractivity contribution in [2.24, 2.45) is 0 Å². The number of fused-ring (bicyclic) bond motifs is 1. The molecule has 2 N–H and O–H groups in total. The van der Waals surface area contributed by atoms with Gasteiger partial charge in [0.2, 0.25) is 0 Å². The van der Waals surface area contributed by atoms with Crippen LogP contribution in [0.25, 0.3) is 0 Å². The predicted molar refractivity (Wildman–Crippen MR) is 44.7 cm³/mol. The first-order chi connectivity index (χ1) is 6.09. The van der Waals surface area contributed by atoms with Crippen molar-refractivity contribution in [3.05, 3.63) is 29.1 Å². The standard InChI is InChI=1S/C9H8FNO2/c1-4-2-5-7(3-6(4)10)11-9(13)8(5)12/h2-3,8,12H,1H3,(H,11,13). The highest BCUT2D eigenvalue weighted by Crippen LogP contribution is 2.32. The van der Waals surface area contributed by atoms with E-state index in [1.807, 2.05) is 0 Å². The van der Waals surface area contributed by atoms with Gasteiger partial charge in [0.15, 0.2) is 6.10 Å². The van der Waals surface area contributed by atoms with Crippen molar-refractivity contribution in [3.63, 3.8) is 0 Å². The minimum Gasteiger partial charge on any atom is -0.378 e. The largest absolute Gasteiger partial charge is 0.378 e. The molecule has 0 saturated carbocycles. The Morgan fingerprint density at radius 2 is 2.23 bits per heavy atom. The second-order valence-corrected chi connectivity index (χ2v) is 3.08. The average Bonchev–Trinajstić information content (AvgIpc) is 2.32. The summed E-state index contributed by atoms with van der Waals surface area (Å²) in [5.41, 5.74) is 1.24. The molecule has 1 aromatic carbocycles. The quantitative estimate of drug-likeness (QED) is 0.630. The zero-order valence-corrected chi connectivity index (χ0v) is 6.97. The van der Waals surface area contributed by atoms with Gasteiger partial charge in [0.25, 0.3) is 5.91 Å². The molecule has 1 aliphatic heterocycles. The van der Waals surface area contributed by atoms with E-state index in [4.69, 9.17) is 0 Å². The first-order valence-electron chi connectivity index (χ1n) is 3.88. The predicted octanol–water partition coefficient (Wildman–Crippen LogP) is 1.12. The van der Waals surface area contributed by atoms with Crippen LogP contribution >= 0.6 is 0 Å². The maximum absolute atomic E-state index is 13.0. The molecule has 3 nitrogen and oxygen atoms in total.